The molecule has 98 valence electrons. The first kappa shape index (κ1) is 13.0. The second-order valence-electron chi connectivity index (χ2n) is 4.38. The van der Waals surface area contributed by atoms with Gasteiger partial charge in [0, 0.05) is 12.3 Å². The Morgan fingerprint density at radius 1 is 1.50 bits per heavy atom. The molecule has 18 heavy (non-hydrogen) atoms. The summed E-state index contributed by atoms with van der Waals surface area (Å²) in [6.07, 6.45) is 4.33. The van der Waals surface area contributed by atoms with E-state index in [1.165, 1.54) is 12.3 Å². The summed E-state index contributed by atoms with van der Waals surface area (Å²) in [5, 5.41) is 23.9. The van der Waals surface area contributed by atoms with Crippen LogP contribution in [0.15, 0.2) is 12.3 Å². The van der Waals surface area contributed by atoms with Crippen molar-refractivity contribution in [3.05, 3.63) is 27.4 Å². The summed E-state index contributed by atoms with van der Waals surface area (Å²) in [4.78, 5) is 14.3. The Balaban J connectivity index is 2.20. The largest absolute Gasteiger partial charge is 0.391 e. The van der Waals surface area contributed by atoms with E-state index < -0.39 is 11.0 Å². The smallest absolute Gasteiger partial charge is 0.312 e. The second-order valence-corrected chi connectivity index (χ2v) is 4.82. The average Bonchev–Trinajstić information content (AvgIpc) is 2.34. The molecule has 1 heterocycles. The molecule has 1 aliphatic rings. The van der Waals surface area contributed by atoms with Gasteiger partial charge in [-0.2, -0.15) is 0 Å². The molecular weight excluding hydrogens is 258 g/mol. The Kier molecular flexibility index (Phi) is 3.98. The minimum atomic E-state index is -0.531. The Morgan fingerprint density at radius 2 is 2.22 bits per heavy atom. The van der Waals surface area contributed by atoms with Crippen LogP contribution in [-0.2, 0) is 0 Å². The molecule has 0 saturated heterocycles. The third-order valence-electron chi connectivity index (χ3n) is 3.08. The molecule has 0 unspecified atom stereocenters. The quantitative estimate of drug-likeness (QED) is 0.651. The van der Waals surface area contributed by atoms with Gasteiger partial charge in [-0.1, -0.05) is 24.4 Å². The van der Waals surface area contributed by atoms with Crippen LogP contribution in [0.25, 0.3) is 0 Å². The maximum absolute atomic E-state index is 10.9. The Bertz CT molecular complexity index is 455. The summed E-state index contributed by atoms with van der Waals surface area (Å²) in [5.74, 6) is 0.162. The minimum absolute atomic E-state index is 0.162. The van der Waals surface area contributed by atoms with Gasteiger partial charge in [-0.05, 0) is 12.8 Å². The lowest BCUT2D eigenvalue weighted by molar-refractivity contribution is -0.384. The van der Waals surface area contributed by atoms with Crippen molar-refractivity contribution in [1.29, 1.82) is 0 Å². The Hall–Kier alpha value is -1.40. The molecule has 2 atom stereocenters. The maximum Gasteiger partial charge on any atom is 0.312 e. The Morgan fingerprint density at radius 3 is 2.89 bits per heavy atom. The van der Waals surface area contributed by atoms with Crippen molar-refractivity contribution in [2.24, 2.45) is 0 Å². The predicted molar refractivity (Wildman–Crippen MR) is 67.8 cm³/mol. The molecule has 0 aliphatic heterocycles. The first-order chi connectivity index (χ1) is 8.58. The first-order valence-corrected chi connectivity index (χ1v) is 6.20. The fourth-order valence-corrected chi connectivity index (χ4v) is 2.29. The van der Waals surface area contributed by atoms with Crippen LogP contribution in [0.4, 0.5) is 11.5 Å². The molecule has 1 aromatic heterocycles. The van der Waals surface area contributed by atoms with E-state index in [1.54, 1.807) is 0 Å². The SMILES string of the molecule is O=[N+]([O-])c1cc(Cl)cnc1N[C@H]1CCCC[C@@H]1O. The summed E-state index contributed by atoms with van der Waals surface area (Å²) in [7, 11) is 0. The van der Waals surface area contributed by atoms with Crippen molar-refractivity contribution in [1.82, 2.24) is 4.98 Å². The molecule has 1 saturated carbocycles. The molecule has 0 aromatic carbocycles. The van der Waals surface area contributed by atoms with Crippen molar-refractivity contribution in [3.8, 4) is 0 Å². The van der Waals surface area contributed by atoms with E-state index in [0.29, 0.717) is 6.42 Å². The number of hydrogen-bond donors (Lipinski definition) is 2. The van der Waals surface area contributed by atoms with Gasteiger partial charge in [0.25, 0.3) is 0 Å². The number of aromatic nitrogens is 1. The van der Waals surface area contributed by atoms with Gasteiger partial charge in [-0.25, -0.2) is 4.98 Å². The fraction of sp³-hybridized carbons (Fsp3) is 0.545. The van der Waals surface area contributed by atoms with Crippen LogP contribution in [-0.4, -0.2) is 27.2 Å². The first-order valence-electron chi connectivity index (χ1n) is 5.82. The van der Waals surface area contributed by atoms with E-state index in [1.807, 2.05) is 0 Å². The minimum Gasteiger partial charge on any atom is -0.391 e. The van der Waals surface area contributed by atoms with E-state index in [4.69, 9.17) is 11.6 Å². The predicted octanol–water partition coefficient (Wildman–Crippen LogP) is 2.36. The van der Waals surface area contributed by atoms with Crippen molar-refractivity contribution in [2.45, 2.75) is 37.8 Å². The topological polar surface area (TPSA) is 88.3 Å². The zero-order valence-corrected chi connectivity index (χ0v) is 10.4. The molecule has 0 radical (unpaired) electrons. The molecular formula is C11H14ClN3O3. The summed E-state index contributed by atoms with van der Waals surface area (Å²) in [6, 6.07) is 1.07. The number of nitrogens with zero attached hydrogens (tertiary/aromatic N) is 2. The van der Waals surface area contributed by atoms with Gasteiger partial charge in [0.2, 0.25) is 5.82 Å². The van der Waals surface area contributed by atoms with Crippen molar-refractivity contribution in [3.63, 3.8) is 0 Å². The van der Waals surface area contributed by atoms with Gasteiger partial charge in [0.15, 0.2) is 0 Å². The average molecular weight is 272 g/mol. The number of hydrogen-bond acceptors (Lipinski definition) is 5. The highest BCUT2D eigenvalue weighted by atomic mass is 35.5. The number of nitrogens with one attached hydrogen (secondary N) is 1. The van der Waals surface area contributed by atoms with Crippen LogP contribution in [0.3, 0.4) is 0 Å². The van der Waals surface area contributed by atoms with Crippen LogP contribution in [0.5, 0.6) is 0 Å². The zero-order valence-electron chi connectivity index (χ0n) is 9.67. The van der Waals surface area contributed by atoms with E-state index in [-0.39, 0.29) is 22.6 Å². The molecule has 1 aliphatic carbocycles. The van der Waals surface area contributed by atoms with Crippen LogP contribution >= 0.6 is 11.6 Å². The number of anilines is 1. The molecule has 6 nitrogen and oxygen atoms in total. The van der Waals surface area contributed by atoms with Crippen LogP contribution in [0.2, 0.25) is 5.02 Å². The lowest BCUT2D eigenvalue weighted by Crippen LogP contribution is -2.36. The van der Waals surface area contributed by atoms with Gasteiger partial charge in [-0.3, -0.25) is 10.1 Å². The molecule has 0 spiro atoms. The van der Waals surface area contributed by atoms with Gasteiger partial charge in [-0.15, -0.1) is 0 Å². The molecule has 1 fully saturated rings. The van der Waals surface area contributed by atoms with Gasteiger partial charge in [0.05, 0.1) is 22.1 Å². The number of rotatable bonds is 3. The number of halogens is 1. The molecule has 2 rings (SSSR count). The number of aliphatic hydroxyl groups is 1. The van der Waals surface area contributed by atoms with E-state index in [0.717, 1.165) is 19.3 Å². The van der Waals surface area contributed by atoms with Crippen LogP contribution < -0.4 is 5.32 Å². The third-order valence-corrected chi connectivity index (χ3v) is 3.29. The van der Waals surface area contributed by atoms with Crippen LogP contribution in [0, 0.1) is 10.1 Å². The maximum atomic E-state index is 10.9. The van der Waals surface area contributed by atoms with Gasteiger partial charge >= 0.3 is 5.69 Å². The normalized spacial score (nSPS) is 23.7. The monoisotopic (exact) mass is 271 g/mol. The van der Waals surface area contributed by atoms with Crippen molar-refractivity contribution >= 4 is 23.1 Å². The molecule has 0 bridgehead atoms. The number of aliphatic hydroxyl groups excluding tert-OH is 1. The summed E-state index contributed by atoms with van der Waals surface area (Å²) < 4.78 is 0. The fourth-order valence-electron chi connectivity index (χ4n) is 2.13. The van der Waals surface area contributed by atoms with Crippen molar-refractivity contribution < 1.29 is 10.0 Å². The lowest BCUT2D eigenvalue weighted by atomic mass is 9.92. The van der Waals surface area contributed by atoms with E-state index >= 15 is 0 Å². The van der Waals surface area contributed by atoms with Crippen molar-refractivity contribution in [2.75, 3.05) is 5.32 Å². The number of nitro groups is 1. The summed E-state index contributed by atoms with van der Waals surface area (Å²) in [5.41, 5.74) is -0.166. The van der Waals surface area contributed by atoms with Gasteiger partial charge in [0.1, 0.15) is 0 Å². The highest BCUT2D eigenvalue weighted by molar-refractivity contribution is 6.30. The number of pyridine rings is 1. The Labute approximate surface area is 109 Å². The van der Waals surface area contributed by atoms with Gasteiger partial charge < -0.3 is 10.4 Å². The summed E-state index contributed by atoms with van der Waals surface area (Å²) in [6.45, 7) is 0. The lowest BCUT2D eigenvalue weighted by Gasteiger charge is -2.28. The standard InChI is InChI=1S/C11H14ClN3O3/c12-7-5-9(15(17)18)11(13-6-7)14-8-3-1-2-4-10(8)16/h5-6,8,10,16H,1-4H2,(H,13,14)/t8-,10-/m0/s1. The van der Waals surface area contributed by atoms with E-state index in [2.05, 4.69) is 10.3 Å². The second kappa shape index (κ2) is 5.49. The molecule has 2 N–H and O–H groups in total. The zero-order chi connectivity index (χ0) is 13.1. The van der Waals surface area contributed by atoms with Crippen LogP contribution in [0.1, 0.15) is 25.7 Å². The highest BCUT2D eigenvalue weighted by Gasteiger charge is 2.26. The summed E-state index contributed by atoms with van der Waals surface area (Å²) >= 11 is 5.69. The molecule has 7 heteroatoms. The molecule has 0 amide bonds. The molecule has 1 aromatic rings. The van der Waals surface area contributed by atoms with E-state index in [9.17, 15) is 15.2 Å². The highest BCUT2D eigenvalue weighted by Crippen LogP contribution is 2.28. The third kappa shape index (κ3) is 2.88.